The lowest BCUT2D eigenvalue weighted by atomic mass is 9.86. The van der Waals surface area contributed by atoms with Crippen LogP contribution < -0.4 is 5.32 Å². The molecule has 21 heavy (non-hydrogen) atoms. The number of aliphatic hydroxyl groups is 1. The molecule has 3 nitrogen and oxygen atoms in total. The van der Waals surface area contributed by atoms with Gasteiger partial charge in [-0.15, -0.1) is 0 Å². The van der Waals surface area contributed by atoms with E-state index in [0.717, 1.165) is 36.5 Å². The number of aliphatic hydroxyl groups excluding tert-OH is 1. The number of nitrogens with one attached hydrogen (secondary N) is 1. The van der Waals surface area contributed by atoms with Crippen molar-refractivity contribution in [2.24, 2.45) is 5.92 Å². The molecule has 2 unspecified atom stereocenters. The van der Waals surface area contributed by atoms with Crippen LogP contribution in [0.25, 0.3) is 10.8 Å². The van der Waals surface area contributed by atoms with Gasteiger partial charge in [-0.1, -0.05) is 49.2 Å². The Balaban J connectivity index is 1.72. The molecular formula is C18H21NO2. The highest BCUT2D eigenvalue weighted by Gasteiger charge is 2.23. The molecule has 3 heteroatoms. The summed E-state index contributed by atoms with van der Waals surface area (Å²) in [6.45, 7) is 0.559. The van der Waals surface area contributed by atoms with Crippen molar-refractivity contribution in [3.63, 3.8) is 0 Å². The monoisotopic (exact) mass is 283 g/mol. The Bertz CT molecular complexity index is 633. The maximum atomic E-state index is 12.4. The Labute approximate surface area is 125 Å². The van der Waals surface area contributed by atoms with Gasteiger partial charge in [0.15, 0.2) is 0 Å². The summed E-state index contributed by atoms with van der Waals surface area (Å²) in [6.07, 6.45) is 3.82. The predicted octanol–water partition coefficient (Wildman–Crippen LogP) is 3.12. The van der Waals surface area contributed by atoms with Crippen molar-refractivity contribution in [2.45, 2.75) is 31.8 Å². The summed E-state index contributed by atoms with van der Waals surface area (Å²) in [7, 11) is 0. The van der Waals surface area contributed by atoms with Crippen LogP contribution in [0.2, 0.25) is 0 Å². The van der Waals surface area contributed by atoms with Crippen LogP contribution in [-0.4, -0.2) is 23.7 Å². The fourth-order valence-corrected chi connectivity index (χ4v) is 3.17. The number of hydrogen-bond acceptors (Lipinski definition) is 2. The molecule has 0 radical (unpaired) electrons. The zero-order valence-corrected chi connectivity index (χ0v) is 12.1. The first kappa shape index (κ1) is 14.1. The van der Waals surface area contributed by atoms with E-state index in [2.05, 4.69) is 5.32 Å². The van der Waals surface area contributed by atoms with Gasteiger partial charge in [-0.2, -0.15) is 0 Å². The summed E-state index contributed by atoms with van der Waals surface area (Å²) in [5.74, 6) is 0.141. The molecule has 0 aromatic heterocycles. The number of carbonyl (C=O) groups is 1. The minimum atomic E-state index is -0.272. The number of carbonyl (C=O) groups excluding carboxylic acids is 1. The van der Waals surface area contributed by atoms with Crippen LogP contribution in [0.3, 0.4) is 0 Å². The third-order valence-electron chi connectivity index (χ3n) is 4.43. The Hall–Kier alpha value is -1.87. The fraction of sp³-hybridized carbons (Fsp3) is 0.389. The van der Waals surface area contributed by atoms with Crippen LogP contribution in [0.4, 0.5) is 0 Å². The number of benzene rings is 2. The zero-order chi connectivity index (χ0) is 14.7. The van der Waals surface area contributed by atoms with E-state index in [1.54, 1.807) is 0 Å². The third kappa shape index (κ3) is 3.08. The highest BCUT2D eigenvalue weighted by atomic mass is 16.3. The van der Waals surface area contributed by atoms with E-state index < -0.39 is 0 Å². The van der Waals surface area contributed by atoms with Crippen LogP contribution in [0, 0.1) is 5.92 Å². The Morgan fingerprint density at radius 3 is 2.71 bits per heavy atom. The largest absolute Gasteiger partial charge is 0.393 e. The van der Waals surface area contributed by atoms with Crippen LogP contribution in [0.5, 0.6) is 0 Å². The second kappa shape index (κ2) is 6.27. The number of rotatable bonds is 3. The molecule has 0 heterocycles. The number of fused-ring (bicyclic) bond motifs is 1. The summed E-state index contributed by atoms with van der Waals surface area (Å²) < 4.78 is 0. The lowest BCUT2D eigenvalue weighted by Crippen LogP contribution is -2.36. The van der Waals surface area contributed by atoms with Crippen LogP contribution in [0.1, 0.15) is 36.0 Å². The van der Waals surface area contributed by atoms with E-state index in [9.17, 15) is 9.90 Å². The molecule has 1 fully saturated rings. The van der Waals surface area contributed by atoms with Gasteiger partial charge >= 0.3 is 0 Å². The minimum absolute atomic E-state index is 0.0513. The summed E-state index contributed by atoms with van der Waals surface area (Å²) in [5.41, 5.74) is 0.707. The van der Waals surface area contributed by atoms with Gasteiger partial charge in [0, 0.05) is 18.0 Å². The molecule has 2 aromatic rings. The average Bonchev–Trinajstić information content (AvgIpc) is 2.53. The van der Waals surface area contributed by atoms with E-state index in [1.165, 1.54) is 0 Å². The molecule has 0 bridgehead atoms. The lowest BCUT2D eigenvalue weighted by molar-refractivity contribution is 0.0663. The molecule has 2 N–H and O–H groups in total. The quantitative estimate of drug-likeness (QED) is 0.909. The first-order chi connectivity index (χ1) is 10.3. The van der Waals surface area contributed by atoms with E-state index in [1.807, 2.05) is 42.5 Å². The molecule has 2 atom stereocenters. The normalized spacial score (nSPS) is 22.1. The molecule has 1 amide bonds. The Morgan fingerprint density at radius 2 is 1.86 bits per heavy atom. The van der Waals surface area contributed by atoms with Crippen LogP contribution in [0.15, 0.2) is 42.5 Å². The van der Waals surface area contributed by atoms with E-state index in [4.69, 9.17) is 0 Å². The van der Waals surface area contributed by atoms with Gasteiger partial charge in [-0.05, 0) is 29.7 Å². The second-order valence-electron chi connectivity index (χ2n) is 5.85. The summed E-state index contributed by atoms with van der Waals surface area (Å²) in [6, 6.07) is 13.7. The van der Waals surface area contributed by atoms with Gasteiger partial charge < -0.3 is 10.4 Å². The van der Waals surface area contributed by atoms with Gasteiger partial charge in [0.05, 0.1) is 6.10 Å². The van der Waals surface area contributed by atoms with Crippen molar-refractivity contribution < 1.29 is 9.90 Å². The van der Waals surface area contributed by atoms with E-state index >= 15 is 0 Å². The minimum Gasteiger partial charge on any atom is -0.393 e. The van der Waals surface area contributed by atoms with Crippen molar-refractivity contribution in [3.8, 4) is 0 Å². The van der Waals surface area contributed by atoms with Crippen molar-refractivity contribution in [2.75, 3.05) is 6.54 Å². The van der Waals surface area contributed by atoms with Crippen LogP contribution >= 0.6 is 0 Å². The molecule has 0 aliphatic heterocycles. The topological polar surface area (TPSA) is 49.3 Å². The highest BCUT2D eigenvalue weighted by molar-refractivity contribution is 6.06. The second-order valence-corrected chi connectivity index (χ2v) is 5.85. The van der Waals surface area contributed by atoms with Crippen molar-refractivity contribution in [1.29, 1.82) is 0 Å². The highest BCUT2D eigenvalue weighted by Crippen LogP contribution is 2.24. The molecule has 1 aliphatic rings. The smallest absolute Gasteiger partial charge is 0.251 e. The third-order valence-corrected chi connectivity index (χ3v) is 4.43. The standard InChI is InChI=1S/C18H21NO2/c20-17-11-4-2-7-14(17)12-19-18(21)16-10-5-8-13-6-1-3-9-15(13)16/h1,3,5-6,8-10,14,17,20H,2,4,7,11-12H2,(H,19,21). The van der Waals surface area contributed by atoms with Crippen molar-refractivity contribution >= 4 is 16.7 Å². The lowest BCUT2D eigenvalue weighted by Gasteiger charge is -2.27. The predicted molar refractivity (Wildman–Crippen MR) is 84.2 cm³/mol. The van der Waals surface area contributed by atoms with E-state index in [-0.39, 0.29) is 17.9 Å². The van der Waals surface area contributed by atoms with Gasteiger partial charge in [0.25, 0.3) is 5.91 Å². The average molecular weight is 283 g/mol. The summed E-state index contributed by atoms with van der Waals surface area (Å²) >= 11 is 0. The molecule has 3 rings (SSSR count). The van der Waals surface area contributed by atoms with Gasteiger partial charge in [0.2, 0.25) is 0 Å². The summed E-state index contributed by atoms with van der Waals surface area (Å²) in [4.78, 5) is 12.4. The maximum Gasteiger partial charge on any atom is 0.251 e. The molecule has 0 saturated heterocycles. The van der Waals surface area contributed by atoms with Crippen LogP contribution in [-0.2, 0) is 0 Å². The molecule has 2 aromatic carbocycles. The molecule has 0 spiro atoms. The molecular weight excluding hydrogens is 262 g/mol. The van der Waals surface area contributed by atoms with Gasteiger partial charge in [-0.3, -0.25) is 4.79 Å². The fourth-order valence-electron chi connectivity index (χ4n) is 3.17. The Morgan fingerprint density at radius 1 is 1.10 bits per heavy atom. The van der Waals surface area contributed by atoms with Crippen molar-refractivity contribution in [1.82, 2.24) is 5.32 Å². The van der Waals surface area contributed by atoms with E-state index in [0.29, 0.717) is 12.1 Å². The Kier molecular flexibility index (Phi) is 4.20. The first-order valence-corrected chi connectivity index (χ1v) is 7.70. The molecule has 1 aliphatic carbocycles. The zero-order valence-electron chi connectivity index (χ0n) is 12.1. The van der Waals surface area contributed by atoms with Gasteiger partial charge in [-0.25, -0.2) is 0 Å². The number of amides is 1. The molecule has 110 valence electrons. The van der Waals surface area contributed by atoms with Gasteiger partial charge in [0.1, 0.15) is 0 Å². The first-order valence-electron chi connectivity index (χ1n) is 7.70. The van der Waals surface area contributed by atoms with Crippen molar-refractivity contribution in [3.05, 3.63) is 48.0 Å². The molecule has 1 saturated carbocycles. The maximum absolute atomic E-state index is 12.4. The summed E-state index contributed by atoms with van der Waals surface area (Å²) in [5, 5.41) is 15.0. The SMILES string of the molecule is O=C(NCC1CCCCC1O)c1cccc2ccccc12. The number of hydrogen-bond donors (Lipinski definition) is 2.